The molecular formula is C16H14N2O2. The van der Waals surface area contributed by atoms with Crippen LogP contribution in [0.3, 0.4) is 0 Å². The first kappa shape index (κ1) is 12.3. The van der Waals surface area contributed by atoms with E-state index in [2.05, 4.69) is 4.98 Å². The second-order valence-corrected chi connectivity index (χ2v) is 4.38. The molecule has 0 spiro atoms. The van der Waals surface area contributed by atoms with Crippen LogP contribution in [0.4, 0.5) is 5.69 Å². The van der Waals surface area contributed by atoms with Crippen LogP contribution in [0.5, 0.6) is 5.75 Å². The molecule has 0 radical (unpaired) electrons. The quantitative estimate of drug-likeness (QED) is 0.736. The Kier molecular flexibility index (Phi) is 3.13. The SMILES string of the molecule is COc1cccc(-c2cnc(-c3ccc(N)cc3)o2)c1. The van der Waals surface area contributed by atoms with Gasteiger partial charge in [0, 0.05) is 16.8 Å². The van der Waals surface area contributed by atoms with Crippen molar-refractivity contribution in [2.24, 2.45) is 0 Å². The number of aromatic nitrogens is 1. The average molecular weight is 266 g/mol. The third-order valence-corrected chi connectivity index (χ3v) is 3.02. The lowest BCUT2D eigenvalue weighted by Crippen LogP contribution is -1.83. The average Bonchev–Trinajstić information content (AvgIpc) is 2.98. The summed E-state index contributed by atoms with van der Waals surface area (Å²) in [6.45, 7) is 0. The molecule has 0 saturated carbocycles. The highest BCUT2D eigenvalue weighted by atomic mass is 16.5. The van der Waals surface area contributed by atoms with E-state index in [-0.39, 0.29) is 0 Å². The first-order valence-corrected chi connectivity index (χ1v) is 6.22. The van der Waals surface area contributed by atoms with Crippen LogP contribution in [0.1, 0.15) is 0 Å². The molecule has 0 unspecified atom stereocenters. The zero-order chi connectivity index (χ0) is 13.9. The second kappa shape index (κ2) is 5.09. The normalized spacial score (nSPS) is 10.4. The molecule has 4 nitrogen and oxygen atoms in total. The molecule has 2 aromatic carbocycles. The summed E-state index contributed by atoms with van der Waals surface area (Å²) in [5.41, 5.74) is 8.21. The third kappa shape index (κ3) is 2.36. The predicted molar refractivity (Wildman–Crippen MR) is 78.3 cm³/mol. The van der Waals surface area contributed by atoms with Crippen molar-refractivity contribution in [2.75, 3.05) is 12.8 Å². The molecule has 0 bridgehead atoms. The third-order valence-electron chi connectivity index (χ3n) is 3.02. The molecule has 0 aliphatic rings. The molecule has 20 heavy (non-hydrogen) atoms. The van der Waals surface area contributed by atoms with Crippen molar-refractivity contribution < 1.29 is 9.15 Å². The van der Waals surface area contributed by atoms with E-state index in [4.69, 9.17) is 14.9 Å². The molecule has 0 fully saturated rings. The maximum Gasteiger partial charge on any atom is 0.226 e. The standard InChI is InChI=1S/C16H14N2O2/c1-19-14-4-2-3-12(9-14)15-10-18-16(20-15)11-5-7-13(17)8-6-11/h2-10H,17H2,1H3. The number of hydrogen-bond acceptors (Lipinski definition) is 4. The highest BCUT2D eigenvalue weighted by Gasteiger charge is 2.09. The molecular weight excluding hydrogens is 252 g/mol. The fourth-order valence-corrected chi connectivity index (χ4v) is 1.94. The zero-order valence-corrected chi connectivity index (χ0v) is 11.0. The lowest BCUT2D eigenvalue weighted by molar-refractivity contribution is 0.415. The van der Waals surface area contributed by atoms with Crippen LogP contribution in [-0.4, -0.2) is 12.1 Å². The molecule has 0 atom stereocenters. The Morgan fingerprint density at radius 2 is 1.85 bits per heavy atom. The Hall–Kier alpha value is -2.75. The molecule has 0 saturated heterocycles. The summed E-state index contributed by atoms with van der Waals surface area (Å²) in [5, 5.41) is 0. The van der Waals surface area contributed by atoms with E-state index in [1.54, 1.807) is 13.3 Å². The summed E-state index contributed by atoms with van der Waals surface area (Å²) in [6.07, 6.45) is 1.71. The Morgan fingerprint density at radius 3 is 2.60 bits per heavy atom. The minimum absolute atomic E-state index is 0.572. The van der Waals surface area contributed by atoms with Gasteiger partial charge < -0.3 is 14.9 Å². The van der Waals surface area contributed by atoms with Gasteiger partial charge in [0.15, 0.2) is 5.76 Å². The Morgan fingerprint density at radius 1 is 1.05 bits per heavy atom. The predicted octanol–water partition coefficient (Wildman–Crippen LogP) is 3.60. The summed E-state index contributed by atoms with van der Waals surface area (Å²) in [7, 11) is 1.64. The minimum Gasteiger partial charge on any atom is -0.497 e. The smallest absolute Gasteiger partial charge is 0.226 e. The van der Waals surface area contributed by atoms with Crippen molar-refractivity contribution in [2.45, 2.75) is 0 Å². The summed E-state index contributed by atoms with van der Waals surface area (Å²) in [6, 6.07) is 15.1. The van der Waals surface area contributed by atoms with Crippen LogP contribution in [0.15, 0.2) is 59.1 Å². The number of nitrogens with two attached hydrogens (primary N) is 1. The van der Waals surface area contributed by atoms with E-state index in [0.717, 1.165) is 16.9 Å². The van der Waals surface area contributed by atoms with Crippen LogP contribution >= 0.6 is 0 Å². The van der Waals surface area contributed by atoms with Gasteiger partial charge in [0.1, 0.15) is 5.75 Å². The number of ether oxygens (including phenoxy) is 1. The van der Waals surface area contributed by atoms with Gasteiger partial charge in [-0.3, -0.25) is 0 Å². The lowest BCUT2D eigenvalue weighted by atomic mass is 10.2. The van der Waals surface area contributed by atoms with Crippen molar-refractivity contribution in [1.82, 2.24) is 4.98 Å². The molecule has 3 rings (SSSR count). The maximum absolute atomic E-state index is 5.79. The van der Waals surface area contributed by atoms with Gasteiger partial charge in [-0.15, -0.1) is 0 Å². The molecule has 1 heterocycles. The van der Waals surface area contributed by atoms with Gasteiger partial charge in [-0.2, -0.15) is 0 Å². The van der Waals surface area contributed by atoms with Crippen LogP contribution < -0.4 is 10.5 Å². The number of nitrogen functional groups attached to an aromatic ring is 1. The first-order valence-electron chi connectivity index (χ1n) is 6.22. The number of methoxy groups -OCH3 is 1. The molecule has 0 aliphatic heterocycles. The van der Waals surface area contributed by atoms with Gasteiger partial charge in [-0.25, -0.2) is 4.98 Å². The van der Waals surface area contributed by atoms with Crippen molar-refractivity contribution >= 4 is 5.69 Å². The fourth-order valence-electron chi connectivity index (χ4n) is 1.94. The Bertz CT molecular complexity index is 717. The zero-order valence-electron chi connectivity index (χ0n) is 11.0. The first-order chi connectivity index (χ1) is 9.76. The van der Waals surface area contributed by atoms with Crippen molar-refractivity contribution in [3.63, 3.8) is 0 Å². The highest BCUT2D eigenvalue weighted by molar-refractivity contribution is 5.63. The molecule has 0 aliphatic carbocycles. The van der Waals surface area contributed by atoms with Crippen LogP contribution in [0.25, 0.3) is 22.8 Å². The summed E-state index contributed by atoms with van der Waals surface area (Å²) in [5.74, 6) is 2.06. The topological polar surface area (TPSA) is 61.3 Å². The van der Waals surface area contributed by atoms with Gasteiger partial charge in [0.2, 0.25) is 5.89 Å². The van der Waals surface area contributed by atoms with Gasteiger partial charge in [0.05, 0.1) is 13.3 Å². The van der Waals surface area contributed by atoms with E-state index < -0.39 is 0 Å². The van der Waals surface area contributed by atoms with Gasteiger partial charge in [0.25, 0.3) is 0 Å². The molecule has 1 aromatic heterocycles. The van der Waals surface area contributed by atoms with Crippen LogP contribution in [0.2, 0.25) is 0 Å². The summed E-state index contributed by atoms with van der Waals surface area (Å²) < 4.78 is 11.0. The Labute approximate surface area is 116 Å². The van der Waals surface area contributed by atoms with E-state index in [1.807, 2.05) is 48.5 Å². The van der Waals surface area contributed by atoms with Gasteiger partial charge in [-0.05, 0) is 36.4 Å². The van der Waals surface area contributed by atoms with Gasteiger partial charge in [-0.1, -0.05) is 12.1 Å². The van der Waals surface area contributed by atoms with E-state index in [9.17, 15) is 0 Å². The summed E-state index contributed by atoms with van der Waals surface area (Å²) in [4.78, 5) is 4.30. The Balaban J connectivity index is 1.95. The van der Waals surface area contributed by atoms with Gasteiger partial charge >= 0.3 is 0 Å². The largest absolute Gasteiger partial charge is 0.497 e. The highest BCUT2D eigenvalue weighted by Crippen LogP contribution is 2.28. The van der Waals surface area contributed by atoms with E-state index >= 15 is 0 Å². The number of oxazole rings is 1. The maximum atomic E-state index is 5.79. The molecule has 100 valence electrons. The fraction of sp³-hybridized carbons (Fsp3) is 0.0625. The molecule has 4 heteroatoms. The second-order valence-electron chi connectivity index (χ2n) is 4.38. The number of rotatable bonds is 3. The number of hydrogen-bond donors (Lipinski definition) is 1. The molecule has 0 amide bonds. The van der Waals surface area contributed by atoms with Crippen molar-refractivity contribution in [1.29, 1.82) is 0 Å². The number of benzene rings is 2. The van der Waals surface area contributed by atoms with Crippen molar-refractivity contribution in [3.8, 4) is 28.5 Å². The minimum atomic E-state index is 0.572. The van der Waals surface area contributed by atoms with Crippen LogP contribution in [0, 0.1) is 0 Å². The number of nitrogens with zero attached hydrogens (tertiary/aromatic N) is 1. The van der Waals surface area contributed by atoms with Crippen LogP contribution in [-0.2, 0) is 0 Å². The molecule has 3 aromatic rings. The van der Waals surface area contributed by atoms with E-state index in [0.29, 0.717) is 17.3 Å². The summed E-state index contributed by atoms with van der Waals surface area (Å²) >= 11 is 0. The van der Waals surface area contributed by atoms with E-state index in [1.165, 1.54) is 0 Å². The molecule has 2 N–H and O–H groups in total. The number of anilines is 1. The van der Waals surface area contributed by atoms with Crippen molar-refractivity contribution in [3.05, 3.63) is 54.7 Å². The monoisotopic (exact) mass is 266 g/mol. The lowest BCUT2D eigenvalue weighted by Gasteiger charge is -2.01.